The molecule has 1 rings (SSSR count). The maximum absolute atomic E-state index is 11.1. The van der Waals surface area contributed by atoms with E-state index in [4.69, 9.17) is 15.6 Å². The maximum Gasteiger partial charge on any atom is 0.234 e. The van der Waals surface area contributed by atoms with E-state index in [0.717, 1.165) is 0 Å². The molecule has 0 saturated carbocycles. The lowest BCUT2D eigenvalue weighted by atomic mass is 10.1. The van der Waals surface area contributed by atoms with Crippen LogP contribution in [-0.4, -0.2) is 54.4 Å². The van der Waals surface area contributed by atoms with Gasteiger partial charge in [-0.05, 0) is 6.42 Å². The molecular formula is C9H18N2O3. The first-order chi connectivity index (χ1) is 6.70. The number of amides is 1. The molecule has 0 aromatic rings. The van der Waals surface area contributed by atoms with E-state index in [9.17, 15) is 4.79 Å². The van der Waals surface area contributed by atoms with E-state index >= 15 is 0 Å². The Morgan fingerprint density at radius 3 is 3.00 bits per heavy atom. The highest BCUT2D eigenvalue weighted by atomic mass is 16.5. The van der Waals surface area contributed by atoms with Gasteiger partial charge in [0.2, 0.25) is 5.91 Å². The van der Waals surface area contributed by atoms with E-state index < -0.39 is 0 Å². The van der Waals surface area contributed by atoms with Crippen LogP contribution in [0.1, 0.15) is 13.3 Å². The van der Waals surface area contributed by atoms with Gasteiger partial charge in [-0.2, -0.15) is 0 Å². The second-order valence-electron chi connectivity index (χ2n) is 3.48. The minimum absolute atomic E-state index is 0.00375. The van der Waals surface area contributed by atoms with Crippen LogP contribution >= 0.6 is 0 Å². The van der Waals surface area contributed by atoms with E-state index in [0.29, 0.717) is 26.2 Å². The first-order valence-corrected chi connectivity index (χ1v) is 4.94. The minimum atomic E-state index is -0.326. The number of carbonyl (C=O) groups is 1. The predicted molar refractivity (Wildman–Crippen MR) is 51.7 cm³/mol. The minimum Gasteiger partial charge on any atom is -0.395 e. The molecule has 1 amide bonds. The second kappa shape index (κ2) is 5.29. The van der Waals surface area contributed by atoms with Crippen molar-refractivity contribution < 1.29 is 14.6 Å². The molecule has 1 fully saturated rings. The summed E-state index contributed by atoms with van der Waals surface area (Å²) >= 11 is 0. The fourth-order valence-corrected chi connectivity index (χ4v) is 1.83. The molecule has 0 spiro atoms. The number of rotatable bonds is 4. The standard InChI is InChI=1S/C9H18N2O3/c1-2-8(9(10)13)11-3-4-14-6-7(11)5-12/h7-8,12H,2-6H2,1H3,(H2,10,13). The molecule has 1 aliphatic rings. The van der Waals surface area contributed by atoms with Crippen LogP contribution < -0.4 is 5.73 Å². The van der Waals surface area contributed by atoms with E-state index in [1.54, 1.807) is 0 Å². The van der Waals surface area contributed by atoms with E-state index in [-0.39, 0.29) is 24.6 Å². The maximum atomic E-state index is 11.1. The number of morpholine rings is 1. The highest BCUT2D eigenvalue weighted by molar-refractivity contribution is 5.79. The number of nitrogens with zero attached hydrogens (tertiary/aromatic N) is 1. The first kappa shape index (κ1) is 11.4. The Kier molecular flexibility index (Phi) is 4.31. The number of primary amides is 1. The topological polar surface area (TPSA) is 75.8 Å². The highest BCUT2D eigenvalue weighted by Gasteiger charge is 2.30. The molecule has 0 aliphatic carbocycles. The molecule has 1 heterocycles. The lowest BCUT2D eigenvalue weighted by molar-refractivity contribution is -0.128. The number of aliphatic hydroxyl groups is 1. The Morgan fingerprint density at radius 1 is 1.79 bits per heavy atom. The quantitative estimate of drug-likeness (QED) is 0.609. The van der Waals surface area contributed by atoms with E-state index in [1.807, 2.05) is 11.8 Å². The fourth-order valence-electron chi connectivity index (χ4n) is 1.83. The summed E-state index contributed by atoms with van der Waals surface area (Å²) in [6, 6.07) is -0.378. The second-order valence-corrected chi connectivity index (χ2v) is 3.48. The zero-order valence-electron chi connectivity index (χ0n) is 8.48. The van der Waals surface area contributed by atoms with Crippen LogP contribution in [0.3, 0.4) is 0 Å². The van der Waals surface area contributed by atoms with Crippen LogP contribution in [0.25, 0.3) is 0 Å². The number of aliphatic hydroxyl groups excluding tert-OH is 1. The van der Waals surface area contributed by atoms with Gasteiger partial charge in [0.15, 0.2) is 0 Å². The summed E-state index contributed by atoms with van der Waals surface area (Å²) in [5, 5.41) is 9.11. The smallest absolute Gasteiger partial charge is 0.234 e. The lowest BCUT2D eigenvalue weighted by Crippen LogP contribution is -2.56. The van der Waals surface area contributed by atoms with Crippen molar-refractivity contribution >= 4 is 5.91 Å². The molecule has 5 heteroatoms. The van der Waals surface area contributed by atoms with Crippen molar-refractivity contribution in [2.45, 2.75) is 25.4 Å². The van der Waals surface area contributed by atoms with Crippen molar-refractivity contribution in [3.05, 3.63) is 0 Å². The van der Waals surface area contributed by atoms with Gasteiger partial charge >= 0.3 is 0 Å². The van der Waals surface area contributed by atoms with Gasteiger partial charge in [0.25, 0.3) is 0 Å². The SMILES string of the molecule is CCC(C(N)=O)N1CCOCC1CO. The molecule has 2 atom stereocenters. The zero-order chi connectivity index (χ0) is 10.6. The molecule has 3 N–H and O–H groups in total. The van der Waals surface area contributed by atoms with Crippen LogP contribution in [0.4, 0.5) is 0 Å². The molecular weight excluding hydrogens is 184 g/mol. The molecule has 0 aromatic carbocycles. The van der Waals surface area contributed by atoms with Crippen LogP contribution in [0.15, 0.2) is 0 Å². The summed E-state index contributed by atoms with van der Waals surface area (Å²) < 4.78 is 5.22. The monoisotopic (exact) mass is 202 g/mol. The molecule has 0 bridgehead atoms. The van der Waals surface area contributed by atoms with Crippen molar-refractivity contribution in [1.29, 1.82) is 0 Å². The molecule has 5 nitrogen and oxygen atoms in total. The summed E-state index contributed by atoms with van der Waals surface area (Å²) in [4.78, 5) is 13.1. The van der Waals surface area contributed by atoms with Crippen LogP contribution in [0.5, 0.6) is 0 Å². The van der Waals surface area contributed by atoms with Crippen LogP contribution in [0, 0.1) is 0 Å². The van der Waals surface area contributed by atoms with Gasteiger partial charge in [0, 0.05) is 6.54 Å². The lowest BCUT2D eigenvalue weighted by Gasteiger charge is -2.38. The van der Waals surface area contributed by atoms with E-state index in [2.05, 4.69) is 0 Å². The normalized spacial score (nSPS) is 26.0. The van der Waals surface area contributed by atoms with Gasteiger partial charge in [-0.3, -0.25) is 9.69 Å². The van der Waals surface area contributed by atoms with Gasteiger partial charge in [-0.25, -0.2) is 0 Å². The molecule has 0 aromatic heterocycles. The van der Waals surface area contributed by atoms with Crippen LogP contribution in [-0.2, 0) is 9.53 Å². The van der Waals surface area contributed by atoms with Gasteiger partial charge in [0.05, 0.1) is 31.9 Å². The first-order valence-electron chi connectivity index (χ1n) is 4.94. The Bertz CT molecular complexity index is 198. The number of ether oxygens (including phenoxy) is 1. The van der Waals surface area contributed by atoms with Gasteiger partial charge in [0.1, 0.15) is 0 Å². The Morgan fingerprint density at radius 2 is 2.50 bits per heavy atom. The summed E-state index contributed by atoms with van der Waals surface area (Å²) in [5.41, 5.74) is 5.29. The largest absolute Gasteiger partial charge is 0.395 e. The highest BCUT2D eigenvalue weighted by Crippen LogP contribution is 2.13. The average Bonchev–Trinajstić information content (AvgIpc) is 2.19. The third-order valence-electron chi connectivity index (χ3n) is 2.60. The van der Waals surface area contributed by atoms with Crippen molar-refractivity contribution in [3.8, 4) is 0 Å². The zero-order valence-corrected chi connectivity index (χ0v) is 8.48. The Hall–Kier alpha value is -0.650. The van der Waals surface area contributed by atoms with Gasteiger partial charge in [-0.1, -0.05) is 6.92 Å². The number of hydrogen-bond acceptors (Lipinski definition) is 4. The number of nitrogens with two attached hydrogens (primary N) is 1. The Balaban J connectivity index is 2.65. The van der Waals surface area contributed by atoms with Gasteiger partial charge in [-0.15, -0.1) is 0 Å². The molecule has 82 valence electrons. The number of hydrogen-bond donors (Lipinski definition) is 2. The summed E-state index contributed by atoms with van der Waals surface area (Å²) in [5.74, 6) is -0.326. The summed E-state index contributed by atoms with van der Waals surface area (Å²) in [7, 11) is 0. The third-order valence-corrected chi connectivity index (χ3v) is 2.60. The molecule has 1 saturated heterocycles. The molecule has 2 unspecified atom stereocenters. The Labute approximate surface area is 83.8 Å². The molecule has 0 radical (unpaired) electrons. The average molecular weight is 202 g/mol. The van der Waals surface area contributed by atoms with Crippen molar-refractivity contribution in [1.82, 2.24) is 4.90 Å². The molecule has 1 aliphatic heterocycles. The predicted octanol–water partition coefficient (Wildman–Crippen LogP) is -1.06. The van der Waals surface area contributed by atoms with Crippen molar-refractivity contribution in [2.24, 2.45) is 5.73 Å². The van der Waals surface area contributed by atoms with Crippen LogP contribution in [0.2, 0.25) is 0 Å². The number of carbonyl (C=O) groups excluding carboxylic acids is 1. The molecule has 14 heavy (non-hydrogen) atoms. The fraction of sp³-hybridized carbons (Fsp3) is 0.889. The van der Waals surface area contributed by atoms with Gasteiger partial charge < -0.3 is 15.6 Å². The summed E-state index contributed by atoms with van der Waals surface area (Å²) in [6.45, 7) is 3.65. The van der Waals surface area contributed by atoms with E-state index in [1.165, 1.54) is 0 Å². The third kappa shape index (κ3) is 2.43. The van der Waals surface area contributed by atoms with Crippen molar-refractivity contribution in [2.75, 3.05) is 26.4 Å². The van der Waals surface area contributed by atoms with Crippen molar-refractivity contribution in [3.63, 3.8) is 0 Å². The summed E-state index contributed by atoms with van der Waals surface area (Å²) in [6.07, 6.45) is 0.672.